The van der Waals surface area contributed by atoms with Gasteiger partial charge in [0.1, 0.15) is 5.52 Å². The molecule has 1 heterocycles. The summed E-state index contributed by atoms with van der Waals surface area (Å²) in [4.78, 5) is 16.9. The van der Waals surface area contributed by atoms with Gasteiger partial charge in [0.15, 0.2) is 0 Å². The predicted molar refractivity (Wildman–Crippen MR) is 67.0 cm³/mol. The van der Waals surface area contributed by atoms with Crippen molar-refractivity contribution in [1.29, 1.82) is 0 Å². The molecule has 0 aliphatic rings. The maximum absolute atomic E-state index is 12.0. The summed E-state index contributed by atoms with van der Waals surface area (Å²) in [5.74, 6) is -0.198. The number of hydrogen-bond acceptors (Lipinski definition) is 4. The molecule has 0 N–H and O–H groups in total. The minimum atomic E-state index is -0.198. The van der Waals surface area contributed by atoms with Gasteiger partial charge in [-0.05, 0) is 32.0 Å². The van der Waals surface area contributed by atoms with E-state index in [0.29, 0.717) is 5.56 Å². The summed E-state index contributed by atoms with van der Waals surface area (Å²) in [7, 11) is 3.03. The number of hydroxylamine groups is 2. The van der Waals surface area contributed by atoms with Gasteiger partial charge in [0.2, 0.25) is 0 Å². The van der Waals surface area contributed by atoms with Crippen LogP contribution in [0.4, 0.5) is 0 Å². The number of benzene rings is 1. The Morgan fingerprint density at radius 3 is 2.78 bits per heavy atom. The number of amides is 1. The van der Waals surface area contributed by atoms with Gasteiger partial charge in [-0.3, -0.25) is 9.63 Å². The summed E-state index contributed by atoms with van der Waals surface area (Å²) in [6.07, 6.45) is 0. The smallest absolute Gasteiger partial charge is 0.274 e. The third-order valence-corrected chi connectivity index (χ3v) is 2.77. The molecule has 0 saturated heterocycles. The van der Waals surface area contributed by atoms with Crippen LogP contribution in [-0.2, 0) is 4.84 Å². The highest BCUT2D eigenvalue weighted by molar-refractivity contribution is 5.96. The molecule has 18 heavy (non-hydrogen) atoms. The van der Waals surface area contributed by atoms with Gasteiger partial charge in [0.25, 0.3) is 5.91 Å². The fraction of sp³-hybridized carbons (Fsp3) is 0.417. The number of fused-ring (bicyclic) bond motifs is 1. The quantitative estimate of drug-likeness (QED) is 0.775. The van der Waals surface area contributed by atoms with E-state index in [1.165, 1.54) is 12.2 Å². The third-order valence-electron chi connectivity index (χ3n) is 2.77. The number of carbonyl (C=O) groups is 1. The number of hydrogen-bond donors (Lipinski definition) is 0. The van der Waals surface area contributed by atoms with Gasteiger partial charge < -0.3 is 0 Å². The van der Waals surface area contributed by atoms with Crippen molar-refractivity contribution < 1.29 is 9.63 Å². The van der Waals surface area contributed by atoms with Crippen molar-refractivity contribution in [3.63, 3.8) is 0 Å². The Bertz CT molecular complexity index is 576. The van der Waals surface area contributed by atoms with Gasteiger partial charge in [0.05, 0.1) is 12.6 Å². The Kier molecular flexibility index (Phi) is 3.29. The molecule has 0 bridgehead atoms. The van der Waals surface area contributed by atoms with E-state index in [1.54, 1.807) is 29.9 Å². The Labute approximate surface area is 105 Å². The molecule has 2 aromatic rings. The lowest BCUT2D eigenvalue weighted by molar-refractivity contribution is -0.0756. The topological polar surface area (TPSA) is 60.2 Å². The van der Waals surface area contributed by atoms with E-state index >= 15 is 0 Å². The highest BCUT2D eigenvalue weighted by Crippen LogP contribution is 2.18. The van der Waals surface area contributed by atoms with Gasteiger partial charge in [0, 0.05) is 18.7 Å². The van der Waals surface area contributed by atoms with E-state index in [2.05, 4.69) is 10.3 Å². The third kappa shape index (κ3) is 2.06. The molecule has 0 radical (unpaired) electrons. The molecule has 6 nitrogen and oxygen atoms in total. The average molecular weight is 248 g/mol. The zero-order valence-electron chi connectivity index (χ0n) is 10.9. The van der Waals surface area contributed by atoms with Gasteiger partial charge in [-0.25, -0.2) is 9.75 Å². The summed E-state index contributed by atoms with van der Waals surface area (Å²) in [6, 6.07) is 5.49. The fourth-order valence-corrected chi connectivity index (χ4v) is 1.72. The summed E-state index contributed by atoms with van der Waals surface area (Å²) in [5.41, 5.74) is 2.18. The number of aromatic nitrogens is 3. The van der Waals surface area contributed by atoms with Crippen molar-refractivity contribution in [2.45, 2.75) is 19.9 Å². The minimum absolute atomic E-state index is 0.195. The molecule has 6 heteroatoms. The molecule has 1 aromatic carbocycles. The number of carbonyl (C=O) groups excluding carboxylic acids is 1. The standard InChI is InChI=1S/C12H16N4O2/c1-8(2)16-11-7-9(12(17)15(3)18-4)5-6-10(11)13-14-16/h5-8H,1-4H3. The lowest BCUT2D eigenvalue weighted by Gasteiger charge is -2.13. The Morgan fingerprint density at radius 1 is 1.44 bits per heavy atom. The molecule has 1 amide bonds. The van der Waals surface area contributed by atoms with E-state index in [4.69, 9.17) is 4.84 Å². The first-order chi connectivity index (χ1) is 8.54. The summed E-state index contributed by atoms with van der Waals surface area (Å²) >= 11 is 0. The second kappa shape index (κ2) is 4.73. The molecule has 0 fully saturated rings. The van der Waals surface area contributed by atoms with Gasteiger partial charge >= 0.3 is 0 Å². The predicted octanol–water partition coefficient (Wildman–Crippen LogP) is 1.65. The number of nitrogens with zero attached hydrogens (tertiary/aromatic N) is 4. The molecule has 0 aliphatic carbocycles. The van der Waals surface area contributed by atoms with Crippen LogP contribution in [0.3, 0.4) is 0 Å². The van der Waals surface area contributed by atoms with Gasteiger partial charge in [-0.1, -0.05) is 5.21 Å². The Balaban J connectivity index is 2.48. The minimum Gasteiger partial charge on any atom is -0.274 e. The van der Waals surface area contributed by atoms with Crippen LogP contribution in [0.5, 0.6) is 0 Å². The second-order valence-corrected chi connectivity index (χ2v) is 4.32. The highest BCUT2D eigenvalue weighted by atomic mass is 16.7. The van der Waals surface area contributed by atoms with Crippen LogP contribution in [-0.4, -0.2) is 40.1 Å². The van der Waals surface area contributed by atoms with Crippen LogP contribution >= 0.6 is 0 Å². The van der Waals surface area contributed by atoms with E-state index in [1.807, 2.05) is 13.8 Å². The van der Waals surface area contributed by atoms with Crippen molar-refractivity contribution in [3.05, 3.63) is 23.8 Å². The molecule has 1 aromatic heterocycles. The van der Waals surface area contributed by atoms with E-state index in [-0.39, 0.29) is 11.9 Å². The van der Waals surface area contributed by atoms with Crippen LogP contribution in [0, 0.1) is 0 Å². The molecule has 0 atom stereocenters. The fourth-order valence-electron chi connectivity index (χ4n) is 1.72. The first-order valence-corrected chi connectivity index (χ1v) is 5.71. The lowest BCUT2D eigenvalue weighted by Crippen LogP contribution is -2.25. The maximum atomic E-state index is 12.0. The molecule has 0 spiro atoms. The first kappa shape index (κ1) is 12.5. The molecular formula is C12H16N4O2. The number of rotatable bonds is 3. The molecule has 96 valence electrons. The Morgan fingerprint density at radius 2 is 2.17 bits per heavy atom. The lowest BCUT2D eigenvalue weighted by atomic mass is 10.2. The van der Waals surface area contributed by atoms with E-state index in [0.717, 1.165) is 11.0 Å². The van der Waals surface area contributed by atoms with Crippen LogP contribution < -0.4 is 0 Å². The molecule has 2 rings (SSSR count). The van der Waals surface area contributed by atoms with Gasteiger partial charge in [-0.2, -0.15) is 0 Å². The normalized spacial score (nSPS) is 11.2. The van der Waals surface area contributed by atoms with Crippen LogP contribution in [0.15, 0.2) is 18.2 Å². The molecule has 0 unspecified atom stereocenters. The maximum Gasteiger partial charge on any atom is 0.277 e. The first-order valence-electron chi connectivity index (χ1n) is 5.71. The SMILES string of the molecule is CON(C)C(=O)c1ccc2nnn(C(C)C)c2c1. The highest BCUT2D eigenvalue weighted by Gasteiger charge is 2.14. The Hall–Kier alpha value is -1.95. The van der Waals surface area contributed by atoms with Crippen LogP contribution in [0.1, 0.15) is 30.2 Å². The van der Waals surface area contributed by atoms with E-state index in [9.17, 15) is 4.79 Å². The van der Waals surface area contributed by atoms with Crippen molar-refractivity contribution >= 4 is 16.9 Å². The average Bonchev–Trinajstić information content (AvgIpc) is 2.79. The molecule has 0 saturated carbocycles. The monoisotopic (exact) mass is 248 g/mol. The van der Waals surface area contributed by atoms with Crippen LogP contribution in [0.2, 0.25) is 0 Å². The zero-order chi connectivity index (χ0) is 13.3. The molecular weight excluding hydrogens is 232 g/mol. The summed E-state index contributed by atoms with van der Waals surface area (Å²) < 4.78 is 1.79. The van der Waals surface area contributed by atoms with Gasteiger partial charge in [-0.15, -0.1) is 5.10 Å². The van der Waals surface area contributed by atoms with Crippen molar-refractivity contribution in [2.75, 3.05) is 14.2 Å². The van der Waals surface area contributed by atoms with Crippen LogP contribution in [0.25, 0.3) is 11.0 Å². The van der Waals surface area contributed by atoms with Crippen molar-refractivity contribution in [3.8, 4) is 0 Å². The van der Waals surface area contributed by atoms with E-state index < -0.39 is 0 Å². The zero-order valence-corrected chi connectivity index (χ0v) is 10.9. The van der Waals surface area contributed by atoms with Crippen molar-refractivity contribution in [1.82, 2.24) is 20.1 Å². The largest absolute Gasteiger partial charge is 0.277 e. The molecule has 0 aliphatic heterocycles. The summed E-state index contributed by atoms with van der Waals surface area (Å²) in [5, 5.41) is 9.32. The van der Waals surface area contributed by atoms with Crippen molar-refractivity contribution in [2.24, 2.45) is 0 Å². The summed E-state index contributed by atoms with van der Waals surface area (Å²) in [6.45, 7) is 4.04. The second-order valence-electron chi connectivity index (χ2n) is 4.32.